The van der Waals surface area contributed by atoms with Crippen molar-refractivity contribution in [3.8, 4) is 0 Å². The molecule has 0 saturated heterocycles. The Morgan fingerprint density at radius 1 is 1.05 bits per heavy atom. The van der Waals surface area contributed by atoms with Crippen LogP contribution in [-0.2, 0) is 17.6 Å². The van der Waals surface area contributed by atoms with Crippen molar-refractivity contribution in [3.63, 3.8) is 0 Å². The highest BCUT2D eigenvalue weighted by Gasteiger charge is 2.13. The second kappa shape index (κ2) is 6.84. The summed E-state index contributed by atoms with van der Waals surface area (Å²) in [6.45, 7) is 0.263. The minimum absolute atomic E-state index is 0.0595. The fourth-order valence-corrected chi connectivity index (χ4v) is 2.99. The summed E-state index contributed by atoms with van der Waals surface area (Å²) in [5.41, 5.74) is 4.62. The molecular weight excluding hydrogens is 296 g/mol. The number of halogens is 1. The van der Waals surface area contributed by atoms with Crippen LogP contribution in [0.15, 0.2) is 42.5 Å². The van der Waals surface area contributed by atoms with E-state index in [2.05, 4.69) is 28.8 Å². The summed E-state index contributed by atoms with van der Waals surface area (Å²) in [6.07, 6.45) is 4.72. The zero-order chi connectivity index (χ0) is 15.4. The largest absolute Gasteiger partial charge is 0.376 e. The van der Waals surface area contributed by atoms with Crippen molar-refractivity contribution in [1.29, 1.82) is 0 Å². The van der Waals surface area contributed by atoms with Gasteiger partial charge in [-0.25, -0.2) is 0 Å². The smallest absolute Gasteiger partial charge is 0.243 e. The highest BCUT2D eigenvalue weighted by atomic mass is 35.5. The van der Waals surface area contributed by atoms with E-state index in [1.807, 2.05) is 0 Å². The molecule has 1 aliphatic rings. The van der Waals surface area contributed by atoms with Gasteiger partial charge in [0.25, 0.3) is 0 Å². The molecular formula is C18H19ClN2O. The molecule has 2 aromatic rings. The van der Waals surface area contributed by atoms with Gasteiger partial charge in [-0.15, -0.1) is 0 Å². The van der Waals surface area contributed by atoms with Crippen LogP contribution in [0.1, 0.15) is 24.0 Å². The molecule has 114 valence electrons. The van der Waals surface area contributed by atoms with E-state index in [9.17, 15) is 4.79 Å². The summed E-state index contributed by atoms with van der Waals surface area (Å²) >= 11 is 5.83. The average molecular weight is 315 g/mol. The number of aryl methyl sites for hydroxylation is 1. The standard InChI is InChI=1S/C18H19ClN2O/c19-14-8-10-15(11-9-14)21-18(22)12-20-17-7-3-5-13-4-1-2-6-16(13)17/h3,5,7-11,20H,1-2,4,6,12H2,(H,21,22). The first-order valence-electron chi connectivity index (χ1n) is 7.62. The Hall–Kier alpha value is -2.00. The van der Waals surface area contributed by atoms with Crippen molar-refractivity contribution in [2.45, 2.75) is 25.7 Å². The summed E-state index contributed by atoms with van der Waals surface area (Å²) in [4.78, 5) is 12.0. The van der Waals surface area contributed by atoms with Gasteiger partial charge in [0.2, 0.25) is 5.91 Å². The molecule has 2 N–H and O–H groups in total. The van der Waals surface area contributed by atoms with Crippen LogP contribution in [0.3, 0.4) is 0 Å². The lowest BCUT2D eigenvalue weighted by molar-refractivity contribution is -0.114. The van der Waals surface area contributed by atoms with E-state index < -0.39 is 0 Å². The van der Waals surface area contributed by atoms with E-state index in [0.29, 0.717) is 5.02 Å². The van der Waals surface area contributed by atoms with Crippen LogP contribution in [0.5, 0.6) is 0 Å². The van der Waals surface area contributed by atoms with Gasteiger partial charge in [-0.3, -0.25) is 4.79 Å². The molecule has 0 fully saturated rings. The van der Waals surface area contributed by atoms with Gasteiger partial charge in [0.05, 0.1) is 6.54 Å². The summed E-state index contributed by atoms with van der Waals surface area (Å²) in [6, 6.07) is 13.4. The summed E-state index contributed by atoms with van der Waals surface area (Å²) < 4.78 is 0. The number of nitrogens with one attached hydrogen (secondary N) is 2. The molecule has 1 amide bonds. The normalized spacial score (nSPS) is 13.3. The van der Waals surface area contributed by atoms with Gasteiger partial charge < -0.3 is 10.6 Å². The van der Waals surface area contributed by atoms with Crippen LogP contribution in [-0.4, -0.2) is 12.5 Å². The molecule has 0 saturated carbocycles. The summed E-state index contributed by atoms with van der Waals surface area (Å²) in [7, 11) is 0. The van der Waals surface area contributed by atoms with E-state index in [4.69, 9.17) is 11.6 Å². The van der Waals surface area contributed by atoms with E-state index in [0.717, 1.165) is 24.2 Å². The van der Waals surface area contributed by atoms with E-state index >= 15 is 0 Å². The van der Waals surface area contributed by atoms with Crippen LogP contribution < -0.4 is 10.6 Å². The van der Waals surface area contributed by atoms with Gasteiger partial charge in [0.1, 0.15) is 0 Å². The van der Waals surface area contributed by atoms with Crippen molar-refractivity contribution >= 4 is 28.9 Å². The highest BCUT2D eigenvalue weighted by molar-refractivity contribution is 6.30. The third-order valence-corrected chi connectivity index (χ3v) is 4.22. The number of anilines is 2. The molecule has 0 atom stereocenters. The van der Waals surface area contributed by atoms with Crippen LogP contribution in [0.2, 0.25) is 5.02 Å². The molecule has 0 aliphatic heterocycles. The number of carbonyl (C=O) groups excluding carboxylic acids is 1. The van der Waals surface area contributed by atoms with E-state index in [1.54, 1.807) is 24.3 Å². The molecule has 22 heavy (non-hydrogen) atoms. The topological polar surface area (TPSA) is 41.1 Å². The van der Waals surface area contributed by atoms with Crippen molar-refractivity contribution in [2.75, 3.05) is 17.2 Å². The molecule has 0 spiro atoms. The maximum atomic E-state index is 12.0. The zero-order valence-corrected chi connectivity index (χ0v) is 13.1. The van der Waals surface area contributed by atoms with Crippen molar-refractivity contribution in [3.05, 3.63) is 58.6 Å². The first-order valence-corrected chi connectivity index (χ1v) is 8.00. The Morgan fingerprint density at radius 3 is 2.64 bits per heavy atom. The van der Waals surface area contributed by atoms with Gasteiger partial charge in [-0.05, 0) is 67.1 Å². The summed E-state index contributed by atoms with van der Waals surface area (Å²) in [5.74, 6) is -0.0595. The third-order valence-electron chi connectivity index (χ3n) is 3.96. The number of hydrogen-bond donors (Lipinski definition) is 2. The van der Waals surface area contributed by atoms with Crippen LogP contribution in [0.25, 0.3) is 0 Å². The number of fused-ring (bicyclic) bond motifs is 1. The number of benzene rings is 2. The molecule has 4 heteroatoms. The first-order chi connectivity index (χ1) is 10.7. The lowest BCUT2D eigenvalue weighted by atomic mass is 9.90. The van der Waals surface area contributed by atoms with Crippen molar-refractivity contribution in [1.82, 2.24) is 0 Å². The molecule has 0 aromatic heterocycles. The predicted molar refractivity (Wildman–Crippen MR) is 91.7 cm³/mol. The maximum Gasteiger partial charge on any atom is 0.243 e. The third kappa shape index (κ3) is 3.60. The Bertz CT molecular complexity index is 667. The number of rotatable bonds is 4. The van der Waals surface area contributed by atoms with Gasteiger partial charge in [-0.1, -0.05) is 23.7 Å². The highest BCUT2D eigenvalue weighted by Crippen LogP contribution is 2.27. The van der Waals surface area contributed by atoms with E-state index in [1.165, 1.54) is 24.0 Å². The van der Waals surface area contributed by atoms with E-state index in [-0.39, 0.29) is 12.5 Å². The van der Waals surface area contributed by atoms with Crippen LogP contribution >= 0.6 is 11.6 Å². The molecule has 0 heterocycles. The predicted octanol–water partition coefficient (Wildman–Crippen LogP) is 4.27. The molecule has 3 nitrogen and oxygen atoms in total. The molecule has 3 rings (SSSR count). The Labute approximate surface area is 135 Å². The summed E-state index contributed by atoms with van der Waals surface area (Å²) in [5, 5.41) is 6.78. The Balaban J connectivity index is 1.60. The zero-order valence-electron chi connectivity index (χ0n) is 12.4. The second-order valence-corrected chi connectivity index (χ2v) is 6.00. The average Bonchev–Trinajstić information content (AvgIpc) is 2.55. The van der Waals surface area contributed by atoms with Crippen LogP contribution in [0, 0.1) is 0 Å². The lowest BCUT2D eigenvalue weighted by Gasteiger charge is -2.20. The second-order valence-electron chi connectivity index (χ2n) is 5.56. The number of hydrogen-bond acceptors (Lipinski definition) is 2. The number of carbonyl (C=O) groups is 1. The lowest BCUT2D eigenvalue weighted by Crippen LogP contribution is -2.22. The number of amides is 1. The molecule has 0 unspecified atom stereocenters. The molecule has 1 aliphatic carbocycles. The Morgan fingerprint density at radius 2 is 1.82 bits per heavy atom. The first kappa shape index (κ1) is 14.9. The Kier molecular flexibility index (Phi) is 4.64. The van der Waals surface area contributed by atoms with Crippen molar-refractivity contribution < 1.29 is 4.79 Å². The minimum atomic E-state index is -0.0595. The maximum absolute atomic E-state index is 12.0. The van der Waals surface area contributed by atoms with Gasteiger partial charge in [0.15, 0.2) is 0 Å². The molecule has 2 aromatic carbocycles. The van der Waals surface area contributed by atoms with Gasteiger partial charge in [-0.2, -0.15) is 0 Å². The molecule has 0 radical (unpaired) electrons. The van der Waals surface area contributed by atoms with Gasteiger partial charge >= 0.3 is 0 Å². The fraction of sp³-hybridized carbons (Fsp3) is 0.278. The quantitative estimate of drug-likeness (QED) is 0.885. The fourth-order valence-electron chi connectivity index (χ4n) is 2.86. The van der Waals surface area contributed by atoms with Crippen molar-refractivity contribution in [2.24, 2.45) is 0 Å². The molecule has 0 bridgehead atoms. The van der Waals surface area contributed by atoms with Crippen LogP contribution in [0.4, 0.5) is 11.4 Å². The van der Waals surface area contributed by atoms with Gasteiger partial charge in [0, 0.05) is 16.4 Å². The monoisotopic (exact) mass is 314 g/mol. The minimum Gasteiger partial charge on any atom is -0.376 e. The SMILES string of the molecule is O=C(CNc1cccc2c1CCCC2)Nc1ccc(Cl)cc1.